The molecule has 1 N–H and O–H groups in total. The van der Waals surface area contributed by atoms with Crippen LogP contribution in [0.2, 0.25) is 0 Å². The molecule has 0 fully saturated rings. The normalized spacial score (nSPS) is 10.4. The molecule has 0 aliphatic carbocycles. The van der Waals surface area contributed by atoms with E-state index in [1.54, 1.807) is 0 Å². The van der Waals surface area contributed by atoms with Gasteiger partial charge in [0.1, 0.15) is 10.8 Å². The standard InChI is InChI=1S/C19H14FN3O5S/c1-11-2-4-12(5-3-11)18-22-16(10-29-18)19(25)28-9-17(24)21-15-8-13(23(26)27)6-7-14(15)20/h2-8,10H,9H2,1H3,(H,21,24). The summed E-state index contributed by atoms with van der Waals surface area (Å²) in [6.45, 7) is 1.26. The van der Waals surface area contributed by atoms with E-state index in [0.29, 0.717) is 5.01 Å². The summed E-state index contributed by atoms with van der Waals surface area (Å²) < 4.78 is 18.6. The topological polar surface area (TPSA) is 111 Å². The molecule has 29 heavy (non-hydrogen) atoms. The molecule has 10 heteroatoms. The average Bonchev–Trinajstić information content (AvgIpc) is 3.18. The van der Waals surface area contributed by atoms with Gasteiger partial charge < -0.3 is 10.1 Å². The summed E-state index contributed by atoms with van der Waals surface area (Å²) in [4.78, 5) is 38.2. The second kappa shape index (κ2) is 8.57. The maximum absolute atomic E-state index is 13.7. The summed E-state index contributed by atoms with van der Waals surface area (Å²) >= 11 is 1.25. The van der Waals surface area contributed by atoms with Gasteiger partial charge in [0.05, 0.1) is 10.6 Å². The summed E-state index contributed by atoms with van der Waals surface area (Å²) in [7, 11) is 0. The van der Waals surface area contributed by atoms with Crippen LogP contribution in [0.25, 0.3) is 10.6 Å². The highest BCUT2D eigenvalue weighted by Gasteiger charge is 2.17. The van der Waals surface area contributed by atoms with Gasteiger partial charge in [0.15, 0.2) is 12.3 Å². The lowest BCUT2D eigenvalue weighted by Crippen LogP contribution is -2.21. The Bertz CT molecular complexity index is 1080. The Balaban J connectivity index is 1.59. The molecule has 0 radical (unpaired) electrons. The maximum atomic E-state index is 13.7. The first-order valence-electron chi connectivity index (χ1n) is 8.27. The zero-order chi connectivity index (χ0) is 21.0. The smallest absolute Gasteiger partial charge is 0.358 e. The van der Waals surface area contributed by atoms with Gasteiger partial charge in [-0.3, -0.25) is 14.9 Å². The number of amides is 1. The summed E-state index contributed by atoms with van der Waals surface area (Å²) in [6, 6.07) is 10.3. The third-order valence-corrected chi connectivity index (χ3v) is 4.67. The summed E-state index contributed by atoms with van der Waals surface area (Å²) in [5, 5.41) is 15.0. The van der Waals surface area contributed by atoms with Crippen LogP contribution in [0.1, 0.15) is 16.1 Å². The van der Waals surface area contributed by atoms with Gasteiger partial charge >= 0.3 is 5.97 Å². The Morgan fingerprint density at radius 3 is 2.66 bits per heavy atom. The molecule has 0 bridgehead atoms. The van der Waals surface area contributed by atoms with Crippen LogP contribution in [0.15, 0.2) is 47.8 Å². The number of thiazole rings is 1. The van der Waals surface area contributed by atoms with Crippen molar-refractivity contribution < 1.29 is 23.6 Å². The van der Waals surface area contributed by atoms with E-state index < -0.39 is 29.2 Å². The first-order chi connectivity index (χ1) is 13.8. The molecule has 0 saturated heterocycles. The summed E-state index contributed by atoms with van der Waals surface area (Å²) in [5.41, 5.74) is 1.22. The van der Waals surface area contributed by atoms with Crippen molar-refractivity contribution in [2.75, 3.05) is 11.9 Å². The van der Waals surface area contributed by atoms with Crippen molar-refractivity contribution in [3.8, 4) is 10.6 Å². The fourth-order valence-corrected chi connectivity index (χ4v) is 3.11. The first kappa shape index (κ1) is 20.1. The maximum Gasteiger partial charge on any atom is 0.358 e. The fraction of sp³-hybridized carbons (Fsp3) is 0.105. The van der Waals surface area contributed by atoms with E-state index in [1.165, 1.54) is 16.7 Å². The molecule has 8 nitrogen and oxygen atoms in total. The molecular weight excluding hydrogens is 401 g/mol. The molecule has 0 spiro atoms. The number of rotatable bonds is 6. The van der Waals surface area contributed by atoms with Crippen molar-refractivity contribution in [2.24, 2.45) is 0 Å². The predicted molar refractivity (Wildman–Crippen MR) is 104 cm³/mol. The van der Waals surface area contributed by atoms with Crippen molar-refractivity contribution in [1.29, 1.82) is 0 Å². The molecule has 0 aliphatic rings. The number of halogens is 1. The Hall–Kier alpha value is -3.66. The molecule has 0 unspecified atom stereocenters. The fourth-order valence-electron chi connectivity index (χ4n) is 2.31. The lowest BCUT2D eigenvalue weighted by molar-refractivity contribution is -0.384. The quantitative estimate of drug-likeness (QED) is 0.371. The number of nitro groups is 1. The molecule has 0 aliphatic heterocycles. The van der Waals surface area contributed by atoms with Crippen molar-refractivity contribution in [3.63, 3.8) is 0 Å². The predicted octanol–water partition coefficient (Wildman–Crippen LogP) is 3.96. The number of aromatic nitrogens is 1. The van der Waals surface area contributed by atoms with Gasteiger partial charge in [0, 0.05) is 23.1 Å². The molecule has 3 rings (SSSR count). The van der Waals surface area contributed by atoms with Crippen molar-refractivity contribution >= 4 is 34.6 Å². The lowest BCUT2D eigenvalue weighted by atomic mass is 10.2. The van der Waals surface area contributed by atoms with Gasteiger partial charge in [-0.25, -0.2) is 14.2 Å². The van der Waals surface area contributed by atoms with Gasteiger partial charge in [0.2, 0.25) is 0 Å². The third kappa shape index (κ3) is 4.99. The zero-order valence-electron chi connectivity index (χ0n) is 15.0. The molecule has 1 heterocycles. The number of esters is 1. The number of hydrogen-bond acceptors (Lipinski definition) is 7. The monoisotopic (exact) mass is 415 g/mol. The van der Waals surface area contributed by atoms with Crippen LogP contribution in [0.5, 0.6) is 0 Å². The van der Waals surface area contributed by atoms with Crippen LogP contribution < -0.4 is 5.32 Å². The van der Waals surface area contributed by atoms with E-state index >= 15 is 0 Å². The largest absolute Gasteiger partial charge is 0.451 e. The molecule has 1 aromatic heterocycles. The highest BCUT2D eigenvalue weighted by atomic mass is 32.1. The van der Waals surface area contributed by atoms with Gasteiger partial charge in [-0.2, -0.15) is 0 Å². The Morgan fingerprint density at radius 1 is 1.24 bits per heavy atom. The lowest BCUT2D eigenvalue weighted by Gasteiger charge is -2.06. The number of carbonyl (C=O) groups is 2. The number of hydrogen-bond donors (Lipinski definition) is 1. The Labute approximate surface area is 168 Å². The number of nitrogens with zero attached hydrogens (tertiary/aromatic N) is 2. The van der Waals surface area contributed by atoms with Crippen LogP contribution in [0, 0.1) is 22.9 Å². The molecule has 1 amide bonds. The summed E-state index contributed by atoms with van der Waals surface area (Å²) in [5.74, 6) is -2.50. The number of carbonyl (C=O) groups excluding carboxylic acids is 2. The van der Waals surface area contributed by atoms with E-state index in [-0.39, 0.29) is 17.1 Å². The number of non-ortho nitro benzene ring substituents is 1. The molecule has 0 atom stereocenters. The van der Waals surface area contributed by atoms with E-state index in [1.807, 2.05) is 31.2 Å². The van der Waals surface area contributed by atoms with Crippen LogP contribution >= 0.6 is 11.3 Å². The van der Waals surface area contributed by atoms with Crippen LogP contribution in [0.4, 0.5) is 15.8 Å². The second-order valence-electron chi connectivity index (χ2n) is 5.95. The SMILES string of the molecule is Cc1ccc(-c2nc(C(=O)OCC(=O)Nc3cc([N+](=O)[O-])ccc3F)cs2)cc1. The van der Waals surface area contributed by atoms with Crippen LogP contribution in [0.3, 0.4) is 0 Å². The van der Waals surface area contributed by atoms with Gasteiger partial charge in [0.25, 0.3) is 11.6 Å². The highest BCUT2D eigenvalue weighted by molar-refractivity contribution is 7.13. The van der Waals surface area contributed by atoms with Gasteiger partial charge in [-0.05, 0) is 13.0 Å². The van der Waals surface area contributed by atoms with Crippen molar-refractivity contribution in [1.82, 2.24) is 4.98 Å². The Kier molecular flexibility index (Phi) is 5.93. The minimum Gasteiger partial charge on any atom is -0.451 e. The average molecular weight is 415 g/mol. The van der Waals surface area contributed by atoms with Gasteiger partial charge in [-0.15, -0.1) is 11.3 Å². The number of anilines is 1. The van der Waals surface area contributed by atoms with E-state index in [0.717, 1.165) is 29.3 Å². The van der Waals surface area contributed by atoms with E-state index in [9.17, 15) is 24.1 Å². The first-order valence-corrected chi connectivity index (χ1v) is 9.15. The van der Waals surface area contributed by atoms with E-state index in [4.69, 9.17) is 4.74 Å². The minimum atomic E-state index is -0.850. The molecule has 0 saturated carbocycles. The minimum absolute atomic E-state index is 0.0416. The highest BCUT2D eigenvalue weighted by Crippen LogP contribution is 2.24. The second-order valence-corrected chi connectivity index (χ2v) is 6.81. The van der Waals surface area contributed by atoms with Crippen LogP contribution in [-0.2, 0) is 9.53 Å². The van der Waals surface area contributed by atoms with E-state index in [2.05, 4.69) is 10.3 Å². The van der Waals surface area contributed by atoms with Gasteiger partial charge in [-0.1, -0.05) is 29.8 Å². The van der Waals surface area contributed by atoms with Crippen molar-refractivity contribution in [3.05, 3.63) is 75.0 Å². The molecule has 148 valence electrons. The van der Waals surface area contributed by atoms with Crippen LogP contribution in [-0.4, -0.2) is 28.4 Å². The number of aryl methyl sites for hydroxylation is 1. The third-order valence-electron chi connectivity index (χ3n) is 3.78. The number of ether oxygens (including phenoxy) is 1. The zero-order valence-corrected chi connectivity index (χ0v) is 15.9. The molecule has 2 aromatic carbocycles. The summed E-state index contributed by atoms with van der Waals surface area (Å²) in [6.07, 6.45) is 0. The number of nitrogens with one attached hydrogen (secondary N) is 1. The number of benzene rings is 2. The molecular formula is C19H14FN3O5S. The Morgan fingerprint density at radius 2 is 1.97 bits per heavy atom. The number of nitro benzene ring substituents is 1. The molecule has 3 aromatic rings. The van der Waals surface area contributed by atoms with Crippen molar-refractivity contribution in [2.45, 2.75) is 6.92 Å².